The lowest BCUT2D eigenvalue weighted by atomic mass is 9.99. The van der Waals surface area contributed by atoms with Gasteiger partial charge in [-0.25, -0.2) is 9.59 Å². The van der Waals surface area contributed by atoms with E-state index in [1.165, 1.54) is 0 Å². The van der Waals surface area contributed by atoms with Crippen LogP contribution in [0.3, 0.4) is 0 Å². The Balaban J connectivity index is 1.23. The number of aliphatic carboxylic acids is 2. The standard InChI is InChI=1S/C40H46N2O12/c1-25(29-15-7-11-27-9-3-5-13-31(27)29)41-37(43)33-35(39(45)46)53-23-19-50-18-22-52-34(36(40(47)48)54-24-20-49-17-21-51-33)38(44)42-26(2)30-16-8-12-28-10-4-6-14-32(28)30/h3-16,25-26,33-36H,17-24H2,1-2H3,(H,41,43)(H,42,44)(H,45,46)(H,47,48)/t25?,26?,33-,34-,35-,36-/m0/s1. The number of benzene rings is 4. The zero-order valence-electron chi connectivity index (χ0n) is 30.2. The lowest BCUT2D eigenvalue weighted by molar-refractivity contribution is -0.175. The summed E-state index contributed by atoms with van der Waals surface area (Å²) in [6.45, 7) is 2.32. The monoisotopic (exact) mass is 746 g/mol. The van der Waals surface area contributed by atoms with Gasteiger partial charge in [-0.15, -0.1) is 0 Å². The van der Waals surface area contributed by atoms with Gasteiger partial charge in [0.2, 0.25) is 0 Å². The summed E-state index contributed by atoms with van der Waals surface area (Å²) in [5.41, 5.74) is 1.68. The molecule has 2 amide bonds. The number of nitrogens with one attached hydrogen (secondary N) is 2. The second-order valence-corrected chi connectivity index (χ2v) is 12.7. The molecule has 0 spiro atoms. The fourth-order valence-corrected chi connectivity index (χ4v) is 6.32. The van der Waals surface area contributed by atoms with Gasteiger partial charge < -0.3 is 49.3 Å². The summed E-state index contributed by atoms with van der Waals surface area (Å²) in [5.74, 6) is -4.21. The van der Waals surface area contributed by atoms with Crippen molar-refractivity contribution >= 4 is 45.3 Å². The van der Waals surface area contributed by atoms with E-state index in [9.17, 15) is 29.4 Å². The molecule has 4 N–H and O–H groups in total. The second kappa shape index (κ2) is 19.9. The first kappa shape index (κ1) is 40.2. The van der Waals surface area contributed by atoms with Gasteiger partial charge >= 0.3 is 11.9 Å². The van der Waals surface area contributed by atoms with Crippen molar-refractivity contribution in [3.05, 3.63) is 96.1 Å². The molecule has 0 bridgehead atoms. The number of fused-ring (bicyclic) bond motifs is 2. The van der Waals surface area contributed by atoms with Crippen molar-refractivity contribution in [2.75, 3.05) is 52.9 Å². The number of carbonyl (C=O) groups is 4. The first-order valence-corrected chi connectivity index (χ1v) is 17.8. The molecule has 0 aliphatic carbocycles. The maximum Gasteiger partial charge on any atom is 0.336 e. The van der Waals surface area contributed by atoms with Gasteiger partial charge in [0, 0.05) is 0 Å². The highest BCUT2D eigenvalue weighted by Gasteiger charge is 2.38. The maximum atomic E-state index is 13.6. The first-order valence-electron chi connectivity index (χ1n) is 17.8. The molecule has 2 unspecified atom stereocenters. The zero-order chi connectivity index (χ0) is 38.5. The molecule has 1 saturated heterocycles. The maximum absolute atomic E-state index is 13.6. The van der Waals surface area contributed by atoms with E-state index in [1.807, 2.05) is 84.9 Å². The van der Waals surface area contributed by atoms with E-state index in [4.69, 9.17) is 28.4 Å². The zero-order valence-corrected chi connectivity index (χ0v) is 30.2. The number of rotatable bonds is 8. The number of carboxylic acid groups (broad SMARTS) is 2. The number of hydrogen-bond acceptors (Lipinski definition) is 10. The normalized spacial score (nSPS) is 22.3. The smallest absolute Gasteiger partial charge is 0.336 e. The molecule has 4 aromatic carbocycles. The third-order valence-corrected chi connectivity index (χ3v) is 8.95. The van der Waals surface area contributed by atoms with Gasteiger partial charge in [-0.3, -0.25) is 9.59 Å². The van der Waals surface area contributed by atoms with Crippen LogP contribution in [0.25, 0.3) is 21.5 Å². The predicted octanol–water partition coefficient (Wildman–Crippen LogP) is 3.80. The van der Waals surface area contributed by atoms with E-state index in [0.717, 1.165) is 32.7 Å². The van der Waals surface area contributed by atoms with Crippen molar-refractivity contribution in [2.24, 2.45) is 0 Å². The Labute approximate surface area is 312 Å². The minimum absolute atomic E-state index is 0.0951. The van der Waals surface area contributed by atoms with E-state index >= 15 is 0 Å². The molecule has 0 radical (unpaired) electrons. The summed E-state index contributed by atoms with van der Waals surface area (Å²) < 4.78 is 33.9. The number of amides is 2. The molecule has 54 heavy (non-hydrogen) atoms. The Morgan fingerprint density at radius 3 is 1.20 bits per heavy atom. The summed E-state index contributed by atoms with van der Waals surface area (Å²) in [5, 5.41) is 29.7. The lowest BCUT2D eigenvalue weighted by Gasteiger charge is -2.27. The molecule has 14 nitrogen and oxygen atoms in total. The fourth-order valence-electron chi connectivity index (χ4n) is 6.32. The Bertz CT molecular complexity index is 1740. The number of ether oxygens (including phenoxy) is 6. The van der Waals surface area contributed by atoms with Crippen molar-refractivity contribution in [3.8, 4) is 0 Å². The average molecular weight is 747 g/mol. The van der Waals surface area contributed by atoms with Crippen LogP contribution in [0.15, 0.2) is 84.9 Å². The van der Waals surface area contributed by atoms with Crippen LogP contribution in [0, 0.1) is 0 Å². The van der Waals surface area contributed by atoms with Crippen LogP contribution < -0.4 is 10.6 Å². The summed E-state index contributed by atoms with van der Waals surface area (Å²) >= 11 is 0. The van der Waals surface area contributed by atoms with Crippen LogP contribution in [-0.2, 0) is 47.6 Å². The third-order valence-electron chi connectivity index (χ3n) is 8.95. The molecular weight excluding hydrogens is 700 g/mol. The van der Waals surface area contributed by atoms with E-state index in [2.05, 4.69) is 10.6 Å². The molecule has 1 aliphatic heterocycles. The Morgan fingerprint density at radius 2 is 0.833 bits per heavy atom. The Morgan fingerprint density at radius 1 is 0.500 bits per heavy atom. The van der Waals surface area contributed by atoms with E-state index in [1.54, 1.807) is 13.8 Å². The largest absolute Gasteiger partial charge is 0.479 e. The molecule has 5 rings (SSSR count). The highest BCUT2D eigenvalue weighted by molar-refractivity contribution is 5.91. The third kappa shape index (κ3) is 10.6. The number of carbonyl (C=O) groups excluding carboxylic acids is 2. The Hall–Kier alpha value is -4.96. The molecule has 1 heterocycles. The predicted molar refractivity (Wildman–Crippen MR) is 197 cm³/mol. The van der Waals surface area contributed by atoms with Gasteiger partial charge in [0.25, 0.3) is 11.8 Å². The molecule has 1 fully saturated rings. The SMILES string of the molecule is CC(NC(=O)[C@H]1OCCOCCO[C@H](C(=O)O)[C@@H](C(=O)NC(C)c2cccc3ccccc23)OCCOCCO[C@@H]1C(=O)O)c1cccc2ccccc12. The van der Waals surface area contributed by atoms with E-state index in [0.29, 0.717) is 0 Å². The topological polar surface area (TPSA) is 188 Å². The van der Waals surface area contributed by atoms with Crippen LogP contribution in [0.1, 0.15) is 37.1 Å². The number of carboxylic acids is 2. The molecule has 1 aliphatic rings. The molecule has 288 valence electrons. The molecule has 4 aromatic rings. The second-order valence-electron chi connectivity index (χ2n) is 12.7. The summed E-state index contributed by atoms with van der Waals surface area (Å²) in [6, 6.07) is 25.9. The van der Waals surface area contributed by atoms with Gasteiger partial charge in [-0.05, 0) is 46.5 Å². The van der Waals surface area contributed by atoms with Crippen LogP contribution >= 0.6 is 0 Å². The summed E-state index contributed by atoms with van der Waals surface area (Å²) in [4.78, 5) is 51.9. The van der Waals surface area contributed by atoms with Crippen molar-refractivity contribution in [1.29, 1.82) is 0 Å². The van der Waals surface area contributed by atoms with Gasteiger partial charge in [-0.1, -0.05) is 84.9 Å². The van der Waals surface area contributed by atoms with Crippen LogP contribution in [0.4, 0.5) is 0 Å². The molecule has 6 atom stereocenters. The fraction of sp³-hybridized carbons (Fsp3) is 0.400. The average Bonchev–Trinajstić information content (AvgIpc) is 3.16. The highest BCUT2D eigenvalue weighted by atomic mass is 16.6. The van der Waals surface area contributed by atoms with E-state index < -0.39 is 60.3 Å². The van der Waals surface area contributed by atoms with Gasteiger partial charge in [-0.2, -0.15) is 0 Å². The highest BCUT2D eigenvalue weighted by Crippen LogP contribution is 2.26. The minimum Gasteiger partial charge on any atom is -0.479 e. The van der Waals surface area contributed by atoms with E-state index in [-0.39, 0.29) is 52.9 Å². The van der Waals surface area contributed by atoms with Crippen molar-refractivity contribution in [2.45, 2.75) is 50.3 Å². The molecule has 0 saturated carbocycles. The Kier molecular flexibility index (Phi) is 14.8. The lowest BCUT2D eigenvalue weighted by Crippen LogP contribution is -2.50. The van der Waals surface area contributed by atoms with Crippen molar-refractivity contribution in [1.82, 2.24) is 10.6 Å². The minimum atomic E-state index is -1.68. The van der Waals surface area contributed by atoms with Crippen LogP contribution in [0.5, 0.6) is 0 Å². The van der Waals surface area contributed by atoms with Gasteiger partial charge in [0.15, 0.2) is 24.4 Å². The molecule has 14 heteroatoms. The quantitative estimate of drug-likeness (QED) is 0.205. The van der Waals surface area contributed by atoms with Gasteiger partial charge in [0.05, 0.1) is 64.9 Å². The summed E-state index contributed by atoms with van der Waals surface area (Å²) in [6.07, 6.45) is -6.46. The van der Waals surface area contributed by atoms with Crippen molar-refractivity contribution in [3.63, 3.8) is 0 Å². The molecular formula is C40H46N2O12. The van der Waals surface area contributed by atoms with Gasteiger partial charge in [0.1, 0.15) is 0 Å². The summed E-state index contributed by atoms with van der Waals surface area (Å²) in [7, 11) is 0. The number of hydrogen-bond donors (Lipinski definition) is 4. The van der Waals surface area contributed by atoms with Crippen LogP contribution in [-0.4, -0.2) is 111 Å². The van der Waals surface area contributed by atoms with Crippen molar-refractivity contribution < 1.29 is 57.8 Å². The van der Waals surface area contributed by atoms with Crippen LogP contribution in [0.2, 0.25) is 0 Å². The molecule has 0 aromatic heterocycles. The first-order chi connectivity index (χ1) is 26.2.